The predicted molar refractivity (Wildman–Crippen MR) is 64.8 cm³/mol. The van der Waals surface area contributed by atoms with Crippen LogP contribution >= 0.6 is 0 Å². The molecule has 1 rings (SSSR count). The minimum atomic E-state index is -0.619. The summed E-state index contributed by atoms with van der Waals surface area (Å²) < 4.78 is 25.7. The maximum atomic E-state index is 12.9. The van der Waals surface area contributed by atoms with Gasteiger partial charge in [0.2, 0.25) is 5.91 Å². The Morgan fingerprint density at radius 3 is 2.56 bits per heavy atom. The van der Waals surface area contributed by atoms with Gasteiger partial charge in [0.25, 0.3) is 0 Å². The number of nitrogens with one attached hydrogen (secondary N) is 2. The van der Waals surface area contributed by atoms with Gasteiger partial charge in [-0.15, -0.1) is 6.42 Å². The van der Waals surface area contributed by atoms with Crippen molar-refractivity contribution in [2.45, 2.75) is 6.42 Å². The van der Waals surface area contributed by atoms with E-state index in [9.17, 15) is 13.6 Å². The van der Waals surface area contributed by atoms with Gasteiger partial charge in [0, 0.05) is 12.6 Å². The van der Waals surface area contributed by atoms with Crippen LogP contribution in [-0.2, 0) is 11.2 Å². The fraction of sp³-hybridized carbons (Fsp3) is 0.308. The SMILES string of the molecule is C#CCNCC(=O)NCCc1cc(F)cc(F)c1. The number of amides is 1. The average Bonchev–Trinajstić information content (AvgIpc) is 2.28. The zero-order chi connectivity index (χ0) is 13.4. The van der Waals surface area contributed by atoms with Crippen molar-refractivity contribution in [1.29, 1.82) is 0 Å². The van der Waals surface area contributed by atoms with Crippen molar-refractivity contribution in [3.05, 3.63) is 35.4 Å². The molecule has 0 bridgehead atoms. The number of hydrogen-bond donors (Lipinski definition) is 2. The lowest BCUT2D eigenvalue weighted by molar-refractivity contribution is -0.120. The molecule has 0 aliphatic carbocycles. The molecule has 18 heavy (non-hydrogen) atoms. The highest BCUT2D eigenvalue weighted by molar-refractivity contribution is 5.77. The van der Waals surface area contributed by atoms with Crippen LogP contribution in [0.4, 0.5) is 8.78 Å². The Hall–Kier alpha value is -1.93. The zero-order valence-corrected chi connectivity index (χ0v) is 9.80. The lowest BCUT2D eigenvalue weighted by atomic mass is 10.1. The molecule has 0 saturated carbocycles. The van der Waals surface area contributed by atoms with Gasteiger partial charge in [0.05, 0.1) is 13.1 Å². The van der Waals surface area contributed by atoms with Crippen molar-refractivity contribution in [1.82, 2.24) is 10.6 Å². The third kappa shape index (κ3) is 5.41. The molecular weight excluding hydrogens is 238 g/mol. The van der Waals surface area contributed by atoms with Crippen molar-refractivity contribution in [3.63, 3.8) is 0 Å². The Balaban J connectivity index is 2.29. The Bertz CT molecular complexity index is 435. The summed E-state index contributed by atoms with van der Waals surface area (Å²) in [4.78, 5) is 11.3. The van der Waals surface area contributed by atoms with E-state index >= 15 is 0 Å². The second-order valence-corrected chi connectivity index (χ2v) is 3.69. The highest BCUT2D eigenvalue weighted by Crippen LogP contribution is 2.07. The van der Waals surface area contributed by atoms with Crippen LogP contribution in [0.1, 0.15) is 5.56 Å². The summed E-state index contributed by atoms with van der Waals surface area (Å²) in [5, 5.41) is 5.35. The van der Waals surface area contributed by atoms with Gasteiger partial charge in [-0.1, -0.05) is 5.92 Å². The number of halogens is 2. The van der Waals surface area contributed by atoms with Crippen LogP contribution < -0.4 is 10.6 Å². The van der Waals surface area contributed by atoms with Crippen molar-refractivity contribution in [2.24, 2.45) is 0 Å². The van der Waals surface area contributed by atoms with Crippen molar-refractivity contribution in [2.75, 3.05) is 19.6 Å². The largest absolute Gasteiger partial charge is 0.355 e. The maximum Gasteiger partial charge on any atom is 0.233 e. The molecule has 3 nitrogen and oxygen atoms in total. The van der Waals surface area contributed by atoms with Gasteiger partial charge < -0.3 is 5.32 Å². The first-order valence-electron chi connectivity index (χ1n) is 5.47. The molecule has 96 valence electrons. The highest BCUT2D eigenvalue weighted by Gasteiger charge is 2.02. The van der Waals surface area contributed by atoms with E-state index in [2.05, 4.69) is 16.6 Å². The van der Waals surface area contributed by atoms with Gasteiger partial charge in [0.15, 0.2) is 0 Å². The van der Waals surface area contributed by atoms with E-state index in [4.69, 9.17) is 6.42 Å². The number of hydrogen-bond acceptors (Lipinski definition) is 2. The molecule has 0 radical (unpaired) electrons. The predicted octanol–water partition coefficient (Wildman–Crippen LogP) is 0.846. The Morgan fingerprint density at radius 1 is 1.28 bits per heavy atom. The molecule has 0 heterocycles. The van der Waals surface area contributed by atoms with E-state index in [0.717, 1.165) is 6.07 Å². The van der Waals surface area contributed by atoms with Crippen LogP contribution in [0.15, 0.2) is 18.2 Å². The molecule has 1 amide bonds. The van der Waals surface area contributed by atoms with Gasteiger partial charge in [-0.2, -0.15) is 0 Å². The van der Waals surface area contributed by atoms with Crippen LogP contribution in [0.25, 0.3) is 0 Å². The molecule has 0 unspecified atom stereocenters. The second-order valence-electron chi connectivity index (χ2n) is 3.69. The van der Waals surface area contributed by atoms with Gasteiger partial charge in [-0.3, -0.25) is 10.1 Å². The van der Waals surface area contributed by atoms with Crippen LogP contribution in [-0.4, -0.2) is 25.5 Å². The third-order valence-electron chi connectivity index (χ3n) is 2.17. The zero-order valence-electron chi connectivity index (χ0n) is 9.80. The number of benzene rings is 1. The summed E-state index contributed by atoms with van der Waals surface area (Å²) in [6.45, 7) is 0.768. The lowest BCUT2D eigenvalue weighted by Crippen LogP contribution is -2.35. The van der Waals surface area contributed by atoms with Gasteiger partial charge >= 0.3 is 0 Å². The van der Waals surface area contributed by atoms with E-state index in [1.54, 1.807) is 0 Å². The highest BCUT2D eigenvalue weighted by atomic mass is 19.1. The van der Waals surface area contributed by atoms with E-state index in [1.165, 1.54) is 12.1 Å². The summed E-state index contributed by atoms with van der Waals surface area (Å²) in [5.74, 6) is 0.900. The molecular formula is C13H14F2N2O. The molecule has 0 aliphatic heterocycles. The molecule has 0 aliphatic rings. The van der Waals surface area contributed by atoms with Crippen LogP contribution in [0, 0.1) is 24.0 Å². The van der Waals surface area contributed by atoms with Crippen molar-refractivity contribution < 1.29 is 13.6 Å². The summed E-state index contributed by atoms with van der Waals surface area (Å²) in [6.07, 6.45) is 5.37. The number of rotatable bonds is 6. The minimum Gasteiger partial charge on any atom is -0.355 e. The lowest BCUT2D eigenvalue weighted by Gasteiger charge is -2.05. The summed E-state index contributed by atoms with van der Waals surface area (Å²) >= 11 is 0. The monoisotopic (exact) mass is 252 g/mol. The van der Waals surface area contributed by atoms with Crippen molar-refractivity contribution >= 4 is 5.91 Å². The van der Waals surface area contributed by atoms with E-state index in [1.807, 2.05) is 0 Å². The second kappa shape index (κ2) is 7.41. The first-order valence-corrected chi connectivity index (χ1v) is 5.47. The molecule has 2 N–H and O–H groups in total. The molecule has 0 spiro atoms. The first kappa shape index (κ1) is 14.1. The number of carbonyl (C=O) groups excluding carboxylic acids is 1. The Kier molecular flexibility index (Phi) is 5.81. The quantitative estimate of drug-likeness (QED) is 0.582. The topological polar surface area (TPSA) is 41.1 Å². The molecule has 5 heteroatoms. The molecule has 0 atom stereocenters. The first-order chi connectivity index (χ1) is 8.61. The fourth-order valence-corrected chi connectivity index (χ4v) is 1.41. The maximum absolute atomic E-state index is 12.9. The average molecular weight is 252 g/mol. The molecule has 0 saturated heterocycles. The molecule has 1 aromatic carbocycles. The summed E-state index contributed by atoms with van der Waals surface area (Å²) in [6, 6.07) is 3.30. The van der Waals surface area contributed by atoms with E-state index in [0.29, 0.717) is 25.1 Å². The minimum absolute atomic E-state index is 0.127. The van der Waals surface area contributed by atoms with E-state index in [-0.39, 0.29) is 12.5 Å². The normalized spacial score (nSPS) is 9.83. The van der Waals surface area contributed by atoms with Crippen LogP contribution in [0.3, 0.4) is 0 Å². The van der Waals surface area contributed by atoms with E-state index < -0.39 is 11.6 Å². The standard InChI is InChI=1S/C13H14F2N2O/c1-2-4-16-9-13(18)17-5-3-10-6-11(14)8-12(15)7-10/h1,6-8,16H,3-5,9H2,(H,17,18). The summed E-state index contributed by atoms with van der Waals surface area (Å²) in [5.41, 5.74) is 0.504. The Morgan fingerprint density at radius 2 is 1.94 bits per heavy atom. The van der Waals surface area contributed by atoms with Gasteiger partial charge in [0.1, 0.15) is 11.6 Å². The smallest absolute Gasteiger partial charge is 0.233 e. The fourth-order valence-electron chi connectivity index (χ4n) is 1.41. The van der Waals surface area contributed by atoms with Crippen LogP contribution in [0.5, 0.6) is 0 Å². The number of terminal acetylenes is 1. The number of carbonyl (C=O) groups is 1. The van der Waals surface area contributed by atoms with Crippen LogP contribution in [0.2, 0.25) is 0 Å². The summed E-state index contributed by atoms with van der Waals surface area (Å²) in [7, 11) is 0. The van der Waals surface area contributed by atoms with Gasteiger partial charge in [-0.05, 0) is 24.1 Å². The molecule has 0 aromatic heterocycles. The third-order valence-corrected chi connectivity index (χ3v) is 2.17. The molecule has 0 fully saturated rings. The molecule has 1 aromatic rings. The van der Waals surface area contributed by atoms with Crippen molar-refractivity contribution in [3.8, 4) is 12.3 Å². The van der Waals surface area contributed by atoms with Gasteiger partial charge in [-0.25, -0.2) is 8.78 Å². The Labute approximate surface area is 105 Å².